The lowest BCUT2D eigenvalue weighted by Gasteiger charge is -2.30. The highest BCUT2D eigenvalue weighted by atomic mass is 16.5. The van der Waals surface area contributed by atoms with Crippen molar-refractivity contribution >= 4 is 0 Å². The van der Waals surface area contributed by atoms with E-state index in [1.54, 1.807) is 0 Å². The van der Waals surface area contributed by atoms with Crippen molar-refractivity contribution in [2.75, 3.05) is 39.9 Å². The van der Waals surface area contributed by atoms with Gasteiger partial charge in [-0.1, -0.05) is 30.3 Å². The fraction of sp³-hybridized carbons (Fsp3) is 0.467. The number of nitrogens with zero attached hydrogens (tertiary/aromatic N) is 1. The Labute approximate surface area is 110 Å². The summed E-state index contributed by atoms with van der Waals surface area (Å²) in [6.07, 6.45) is 0. The van der Waals surface area contributed by atoms with Gasteiger partial charge in [-0.05, 0) is 12.6 Å². The molecule has 1 N–H and O–H groups in total. The van der Waals surface area contributed by atoms with Gasteiger partial charge >= 0.3 is 0 Å². The minimum atomic E-state index is 0.416. The first-order chi connectivity index (χ1) is 8.90. The number of ether oxygens (including phenoxy) is 1. The van der Waals surface area contributed by atoms with Crippen molar-refractivity contribution < 1.29 is 4.74 Å². The van der Waals surface area contributed by atoms with Crippen LogP contribution in [0.3, 0.4) is 0 Å². The van der Waals surface area contributed by atoms with E-state index in [2.05, 4.69) is 53.7 Å². The smallest absolute Gasteiger partial charge is 0.0594 e. The Morgan fingerprint density at radius 1 is 1.22 bits per heavy atom. The molecule has 1 saturated heterocycles. The quantitative estimate of drug-likeness (QED) is 0.826. The third-order valence-electron chi connectivity index (χ3n) is 3.09. The topological polar surface area (TPSA) is 24.5 Å². The van der Waals surface area contributed by atoms with Crippen molar-refractivity contribution in [3.63, 3.8) is 0 Å². The predicted octanol–water partition coefficient (Wildman–Crippen LogP) is 2.08. The molecular formula is C15H24N2O. The van der Waals surface area contributed by atoms with Crippen molar-refractivity contribution in [3.05, 3.63) is 49.1 Å². The molecule has 1 aromatic rings. The van der Waals surface area contributed by atoms with Crippen molar-refractivity contribution in [1.29, 1.82) is 0 Å². The molecule has 0 amide bonds. The van der Waals surface area contributed by atoms with Gasteiger partial charge in [-0.15, -0.1) is 13.2 Å². The van der Waals surface area contributed by atoms with E-state index in [-0.39, 0.29) is 0 Å². The summed E-state index contributed by atoms with van der Waals surface area (Å²) in [6, 6.07) is 11.0. The second kappa shape index (κ2) is 8.86. The van der Waals surface area contributed by atoms with Crippen LogP contribution in [-0.2, 0) is 4.74 Å². The molecule has 1 unspecified atom stereocenters. The molecule has 1 atom stereocenters. The Hall–Kier alpha value is -1.16. The number of benzene rings is 1. The lowest BCUT2D eigenvalue weighted by atomic mass is 10.1. The van der Waals surface area contributed by atoms with Crippen LogP contribution < -0.4 is 5.32 Å². The second-order valence-corrected chi connectivity index (χ2v) is 4.16. The van der Waals surface area contributed by atoms with E-state index in [0.717, 1.165) is 32.8 Å². The average molecular weight is 248 g/mol. The van der Waals surface area contributed by atoms with E-state index < -0.39 is 0 Å². The third-order valence-corrected chi connectivity index (χ3v) is 3.09. The van der Waals surface area contributed by atoms with Crippen LogP contribution in [0.4, 0.5) is 0 Å². The zero-order valence-corrected chi connectivity index (χ0v) is 11.3. The van der Waals surface area contributed by atoms with E-state index in [0.29, 0.717) is 6.04 Å². The summed E-state index contributed by atoms with van der Waals surface area (Å²) in [6.45, 7) is 10.9. The molecule has 3 heteroatoms. The number of rotatable bonds is 4. The molecule has 0 saturated carbocycles. The molecule has 0 aliphatic carbocycles. The lowest BCUT2D eigenvalue weighted by Crippen LogP contribution is -2.41. The molecule has 1 fully saturated rings. The van der Waals surface area contributed by atoms with Crippen LogP contribution in [-0.4, -0.2) is 44.8 Å². The number of hydrogen-bond donors (Lipinski definition) is 1. The Morgan fingerprint density at radius 2 is 1.83 bits per heavy atom. The Kier molecular flexibility index (Phi) is 7.34. The molecule has 100 valence electrons. The van der Waals surface area contributed by atoms with Crippen LogP contribution in [0.2, 0.25) is 0 Å². The van der Waals surface area contributed by atoms with E-state index in [1.807, 2.05) is 7.05 Å². The second-order valence-electron chi connectivity index (χ2n) is 4.16. The van der Waals surface area contributed by atoms with Gasteiger partial charge in [0.05, 0.1) is 13.2 Å². The summed E-state index contributed by atoms with van der Waals surface area (Å²) in [5.41, 5.74) is 1.36. The van der Waals surface area contributed by atoms with Crippen LogP contribution in [0.5, 0.6) is 0 Å². The van der Waals surface area contributed by atoms with Crippen molar-refractivity contribution in [2.24, 2.45) is 0 Å². The Bertz CT molecular complexity index is 310. The van der Waals surface area contributed by atoms with E-state index >= 15 is 0 Å². The van der Waals surface area contributed by atoms with Crippen molar-refractivity contribution in [3.8, 4) is 0 Å². The summed E-state index contributed by atoms with van der Waals surface area (Å²) >= 11 is 0. The van der Waals surface area contributed by atoms with Gasteiger partial charge in [-0.25, -0.2) is 0 Å². The normalized spacial score (nSPS) is 17.6. The lowest BCUT2D eigenvalue weighted by molar-refractivity contribution is 0.0338. The highest BCUT2D eigenvalue weighted by Gasteiger charge is 2.16. The van der Waals surface area contributed by atoms with E-state index in [4.69, 9.17) is 4.74 Å². The maximum Gasteiger partial charge on any atom is 0.0594 e. The summed E-state index contributed by atoms with van der Waals surface area (Å²) in [4.78, 5) is 2.46. The van der Waals surface area contributed by atoms with Crippen LogP contribution in [0.25, 0.3) is 0 Å². The highest BCUT2D eigenvalue weighted by molar-refractivity contribution is 5.19. The zero-order valence-electron chi connectivity index (χ0n) is 11.3. The first kappa shape index (κ1) is 14.9. The fourth-order valence-electron chi connectivity index (χ4n) is 2.09. The van der Waals surface area contributed by atoms with Crippen LogP contribution in [0.1, 0.15) is 11.6 Å². The van der Waals surface area contributed by atoms with Gasteiger partial charge < -0.3 is 10.1 Å². The summed E-state index contributed by atoms with van der Waals surface area (Å²) in [5.74, 6) is 0. The first-order valence-corrected chi connectivity index (χ1v) is 6.42. The molecule has 0 aromatic heterocycles. The Morgan fingerprint density at radius 3 is 2.39 bits per heavy atom. The molecule has 0 radical (unpaired) electrons. The molecule has 1 heterocycles. The average Bonchev–Trinajstić information content (AvgIpc) is 2.49. The number of nitrogens with one attached hydrogen (secondary N) is 1. The fourth-order valence-corrected chi connectivity index (χ4v) is 2.09. The zero-order chi connectivity index (χ0) is 13.2. The van der Waals surface area contributed by atoms with Gasteiger partial charge in [0, 0.05) is 25.7 Å². The van der Waals surface area contributed by atoms with Crippen molar-refractivity contribution in [1.82, 2.24) is 10.2 Å². The predicted molar refractivity (Wildman–Crippen MR) is 76.8 cm³/mol. The first-order valence-electron chi connectivity index (χ1n) is 6.42. The maximum atomic E-state index is 5.36. The third kappa shape index (κ3) is 4.61. The van der Waals surface area contributed by atoms with Gasteiger partial charge in [-0.2, -0.15) is 0 Å². The largest absolute Gasteiger partial charge is 0.379 e. The molecular weight excluding hydrogens is 224 g/mol. The van der Waals surface area contributed by atoms with Gasteiger partial charge in [0.2, 0.25) is 0 Å². The minimum Gasteiger partial charge on any atom is -0.379 e. The van der Waals surface area contributed by atoms with Gasteiger partial charge in [0.25, 0.3) is 0 Å². The molecule has 3 nitrogen and oxygen atoms in total. The number of hydrogen-bond acceptors (Lipinski definition) is 3. The molecule has 18 heavy (non-hydrogen) atoms. The van der Waals surface area contributed by atoms with E-state index in [9.17, 15) is 0 Å². The highest BCUT2D eigenvalue weighted by Crippen LogP contribution is 2.14. The Balaban J connectivity index is 0.000000771. The molecule has 1 aliphatic heterocycles. The van der Waals surface area contributed by atoms with E-state index in [1.165, 1.54) is 5.56 Å². The van der Waals surface area contributed by atoms with Crippen LogP contribution in [0.15, 0.2) is 43.5 Å². The van der Waals surface area contributed by atoms with Crippen molar-refractivity contribution in [2.45, 2.75) is 6.04 Å². The molecule has 0 bridgehead atoms. The van der Waals surface area contributed by atoms with Crippen LogP contribution >= 0.6 is 0 Å². The standard InChI is InChI=1S/C13H20N2O.C2H4/c1-14-13(12-5-3-2-4-6-12)11-15-7-9-16-10-8-15;1-2/h2-6,13-14H,7-11H2,1H3;1-2H2. The summed E-state index contributed by atoms with van der Waals surface area (Å²) in [5, 5.41) is 3.38. The van der Waals surface area contributed by atoms with Gasteiger partial charge in [-0.3, -0.25) is 4.90 Å². The molecule has 1 aromatic carbocycles. The molecule has 2 rings (SSSR count). The number of likely N-dealkylation sites (N-methyl/N-ethyl adjacent to an activating group) is 1. The monoisotopic (exact) mass is 248 g/mol. The number of morpholine rings is 1. The minimum absolute atomic E-state index is 0.416. The molecule has 0 spiro atoms. The summed E-state index contributed by atoms with van der Waals surface area (Å²) < 4.78 is 5.36. The van der Waals surface area contributed by atoms with Gasteiger partial charge in [0.1, 0.15) is 0 Å². The maximum absolute atomic E-state index is 5.36. The SMILES string of the molecule is C=C.CNC(CN1CCOCC1)c1ccccc1. The molecule has 1 aliphatic rings. The van der Waals surface area contributed by atoms with Gasteiger partial charge in [0.15, 0.2) is 0 Å². The van der Waals surface area contributed by atoms with Crippen LogP contribution in [0, 0.1) is 0 Å². The summed E-state index contributed by atoms with van der Waals surface area (Å²) in [7, 11) is 2.03.